The van der Waals surface area contributed by atoms with Gasteiger partial charge in [-0.1, -0.05) is 0 Å². The van der Waals surface area contributed by atoms with E-state index in [0.717, 1.165) is 5.69 Å². The molecule has 6 nitrogen and oxygen atoms in total. The van der Waals surface area contributed by atoms with E-state index >= 15 is 0 Å². The van der Waals surface area contributed by atoms with Gasteiger partial charge in [-0.2, -0.15) is 5.26 Å². The van der Waals surface area contributed by atoms with Gasteiger partial charge in [0.05, 0.1) is 0 Å². The minimum atomic E-state index is 0.0246. The van der Waals surface area contributed by atoms with Gasteiger partial charge >= 0.3 is 0 Å². The first-order valence-electron chi connectivity index (χ1n) is 5.93. The number of ketones is 1. The highest BCUT2D eigenvalue weighted by Crippen LogP contribution is 2.18. The summed E-state index contributed by atoms with van der Waals surface area (Å²) in [6.45, 7) is 1.52. The SMILES string of the molecule is CC(=O)c1ccc(Nc2cc(N(C)C#N)ncn2)cc1. The molecule has 0 unspecified atom stereocenters. The third-order valence-corrected chi connectivity index (χ3v) is 2.71. The van der Waals surface area contributed by atoms with E-state index in [9.17, 15) is 4.79 Å². The van der Waals surface area contributed by atoms with Gasteiger partial charge < -0.3 is 5.32 Å². The molecule has 6 heteroatoms. The summed E-state index contributed by atoms with van der Waals surface area (Å²) in [5.74, 6) is 1.11. The number of Topliss-reactive ketones (excluding diaryl/α,β-unsaturated/α-hetero) is 1. The molecule has 0 bridgehead atoms. The molecule has 0 aliphatic heterocycles. The van der Waals surface area contributed by atoms with Crippen LogP contribution in [-0.2, 0) is 0 Å². The molecule has 20 heavy (non-hydrogen) atoms. The second-order valence-corrected chi connectivity index (χ2v) is 4.18. The van der Waals surface area contributed by atoms with Gasteiger partial charge in [0.25, 0.3) is 0 Å². The van der Waals surface area contributed by atoms with Crippen molar-refractivity contribution in [2.24, 2.45) is 0 Å². The fourth-order valence-corrected chi connectivity index (χ4v) is 1.59. The Morgan fingerprint density at radius 2 is 2.00 bits per heavy atom. The standard InChI is InChI=1S/C14H13N5O/c1-10(20)11-3-5-12(6-4-11)18-13-7-14(17-9-16-13)19(2)8-15/h3-7,9H,1-2H3,(H,16,17,18). The maximum atomic E-state index is 11.2. The zero-order chi connectivity index (χ0) is 14.5. The molecule has 0 amide bonds. The summed E-state index contributed by atoms with van der Waals surface area (Å²) in [5.41, 5.74) is 1.46. The van der Waals surface area contributed by atoms with Gasteiger partial charge in [0.1, 0.15) is 18.0 Å². The van der Waals surface area contributed by atoms with Crippen LogP contribution in [0.2, 0.25) is 0 Å². The Balaban J connectivity index is 2.18. The molecule has 0 saturated heterocycles. The van der Waals surface area contributed by atoms with E-state index < -0.39 is 0 Å². The third-order valence-electron chi connectivity index (χ3n) is 2.71. The number of aromatic nitrogens is 2. The fourth-order valence-electron chi connectivity index (χ4n) is 1.59. The van der Waals surface area contributed by atoms with Gasteiger partial charge in [-0.25, -0.2) is 9.97 Å². The van der Waals surface area contributed by atoms with Crippen LogP contribution in [0.1, 0.15) is 17.3 Å². The van der Waals surface area contributed by atoms with Crippen molar-refractivity contribution in [3.8, 4) is 6.19 Å². The highest BCUT2D eigenvalue weighted by Gasteiger charge is 2.04. The number of hydrogen-bond donors (Lipinski definition) is 1. The van der Waals surface area contributed by atoms with Crippen LogP contribution in [0.5, 0.6) is 0 Å². The Morgan fingerprint density at radius 1 is 1.30 bits per heavy atom. The van der Waals surface area contributed by atoms with Crippen molar-refractivity contribution < 1.29 is 4.79 Å². The number of hydrogen-bond acceptors (Lipinski definition) is 6. The Labute approximate surface area is 116 Å². The molecule has 0 atom stereocenters. The Hall–Kier alpha value is -2.94. The molecule has 0 radical (unpaired) electrons. The zero-order valence-electron chi connectivity index (χ0n) is 11.2. The zero-order valence-corrected chi connectivity index (χ0v) is 11.2. The van der Waals surface area contributed by atoms with E-state index in [4.69, 9.17) is 5.26 Å². The first-order valence-corrected chi connectivity index (χ1v) is 5.93. The van der Waals surface area contributed by atoms with Gasteiger partial charge in [0.15, 0.2) is 12.0 Å². The highest BCUT2D eigenvalue weighted by molar-refractivity contribution is 5.94. The molecule has 2 rings (SSSR count). The molecular weight excluding hydrogens is 254 g/mol. The second kappa shape index (κ2) is 5.80. The van der Waals surface area contributed by atoms with E-state index in [1.165, 1.54) is 18.2 Å². The maximum absolute atomic E-state index is 11.2. The van der Waals surface area contributed by atoms with E-state index in [1.54, 1.807) is 37.4 Å². The van der Waals surface area contributed by atoms with E-state index in [1.807, 2.05) is 6.19 Å². The molecule has 1 aromatic carbocycles. The highest BCUT2D eigenvalue weighted by atomic mass is 16.1. The summed E-state index contributed by atoms with van der Waals surface area (Å²) in [4.78, 5) is 20.6. The Bertz CT molecular complexity index is 660. The third kappa shape index (κ3) is 3.09. The monoisotopic (exact) mass is 267 g/mol. The summed E-state index contributed by atoms with van der Waals surface area (Å²) in [6, 6.07) is 8.75. The van der Waals surface area contributed by atoms with Crippen LogP contribution >= 0.6 is 0 Å². The fraction of sp³-hybridized carbons (Fsp3) is 0.143. The first-order chi connectivity index (χ1) is 9.60. The Kier molecular flexibility index (Phi) is 3.91. The molecule has 0 spiro atoms. The molecule has 2 aromatic rings. The van der Waals surface area contributed by atoms with Crippen LogP contribution < -0.4 is 10.2 Å². The Morgan fingerprint density at radius 3 is 2.60 bits per heavy atom. The molecule has 0 aliphatic rings. The van der Waals surface area contributed by atoms with Gasteiger partial charge in [0.2, 0.25) is 0 Å². The smallest absolute Gasteiger partial charge is 0.185 e. The lowest BCUT2D eigenvalue weighted by Gasteiger charge is -2.10. The summed E-state index contributed by atoms with van der Waals surface area (Å²) in [6.07, 6.45) is 3.35. The van der Waals surface area contributed by atoms with Crippen LogP contribution in [-0.4, -0.2) is 22.8 Å². The lowest BCUT2D eigenvalue weighted by molar-refractivity contribution is 0.101. The number of rotatable bonds is 4. The number of anilines is 3. The largest absolute Gasteiger partial charge is 0.340 e. The van der Waals surface area contributed by atoms with Crippen LogP contribution in [0, 0.1) is 11.5 Å². The van der Waals surface area contributed by atoms with Crippen molar-refractivity contribution >= 4 is 23.1 Å². The van der Waals surface area contributed by atoms with Gasteiger partial charge in [-0.15, -0.1) is 0 Å². The molecule has 100 valence electrons. The predicted octanol–water partition coefficient (Wildman–Crippen LogP) is 2.34. The molecule has 0 aliphatic carbocycles. The molecule has 0 fully saturated rings. The second-order valence-electron chi connectivity index (χ2n) is 4.18. The lowest BCUT2D eigenvalue weighted by Crippen LogP contribution is -2.10. The first kappa shape index (κ1) is 13.5. The van der Waals surface area contributed by atoms with Crippen LogP contribution in [0.4, 0.5) is 17.3 Å². The molecule has 0 saturated carbocycles. The lowest BCUT2D eigenvalue weighted by atomic mass is 10.1. The van der Waals surface area contributed by atoms with Crippen molar-refractivity contribution in [2.75, 3.05) is 17.3 Å². The summed E-state index contributed by atoms with van der Waals surface area (Å²) >= 11 is 0. The van der Waals surface area contributed by atoms with Crippen LogP contribution in [0.25, 0.3) is 0 Å². The van der Waals surface area contributed by atoms with Gasteiger partial charge in [-0.05, 0) is 31.2 Å². The van der Waals surface area contributed by atoms with Crippen LogP contribution in [0.3, 0.4) is 0 Å². The van der Waals surface area contributed by atoms with E-state index in [0.29, 0.717) is 17.2 Å². The summed E-state index contributed by atoms with van der Waals surface area (Å²) < 4.78 is 0. The average Bonchev–Trinajstić information content (AvgIpc) is 2.47. The number of carbonyl (C=O) groups excluding carboxylic acids is 1. The van der Waals surface area contributed by atoms with Crippen molar-refractivity contribution in [2.45, 2.75) is 6.92 Å². The number of nitrogens with zero attached hydrogens (tertiary/aromatic N) is 4. The number of benzene rings is 1. The predicted molar refractivity (Wildman–Crippen MR) is 75.8 cm³/mol. The van der Waals surface area contributed by atoms with Crippen molar-refractivity contribution in [3.63, 3.8) is 0 Å². The molecule has 1 heterocycles. The number of carbonyl (C=O) groups is 1. The summed E-state index contributed by atoms with van der Waals surface area (Å²) in [7, 11) is 1.62. The van der Waals surface area contributed by atoms with E-state index in [-0.39, 0.29) is 5.78 Å². The minimum Gasteiger partial charge on any atom is -0.340 e. The molecule has 1 aromatic heterocycles. The quantitative estimate of drug-likeness (QED) is 0.520. The average molecular weight is 267 g/mol. The van der Waals surface area contributed by atoms with Crippen molar-refractivity contribution in [1.82, 2.24) is 9.97 Å². The maximum Gasteiger partial charge on any atom is 0.185 e. The normalized spacial score (nSPS) is 9.65. The minimum absolute atomic E-state index is 0.0246. The summed E-state index contributed by atoms with van der Waals surface area (Å²) in [5, 5.41) is 11.9. The molecule has 1 N–H and O–H groups in total. The topological polar surface area (TPSA) is 81.9 Å². The molecular formula is C14H13N5O. The van der Waals surface area contributed by atoms with Gasteiger partial charge in [-0.3, -0.25) is 9.69 Å². The van der Waals surface area contributed by atoms with E-state index in [2.05, 4.69) is 15.3 Å². The van der Waals surface area contributed by atoms with Crippen LogP contribution in [0.15, 0.2) is 36.7 Å². The van der Waals surface area contributed by atoms with Crippen molar-refractivity contribution in [3.05, 3.63) is 42.2 Å². The van der Waals surface area contributed by atoms with Crippen molar-refractivity contribution in [1.29, 1.82) is 5.26 Å². The number of nitrogens with one attached hydrogen (secondary N) is 1. The number of nitriles is 1. The van der Waals surface area contributed by atoms with Gasteiger partial charge in [0, 0.05) is 24.4 Å².